The van der Waals surface area contributed by atoms with Crippen LogP contribution in [-0.2, 0) is 4.79 Å². The average Bonchev–Trinajstić information content (AvgIpc) is 2.46. The van der Waals surface area contributed by atoms with Crippen molar-refractivity contribution in [1.29, 1.82) is 0 Å². The molecule has 0 radical (unpaired) electrons. The maximum Gasteiger partial charge on any atom is 0.224 e. The standard InChI is InChI=1S/C15H24N2O3/c1-5-20-13-7-6-12(8-14(13)19-4)11(3)17-15(18)10(2)9-16/h6-8,10-11H,5,9,16H2,1-4H3,(H,17,18). The van der Waals surface area contributed by atoms with Gasteiger partial charge in [-0.15, -0.1) is 0 Å². The lowest BCUT2D eigenvalue weighted by molar-refractivity contribution is -0.124. The molecule has 20 heavy (non-hydrogen) atoms. The fourth-order valence-electron chi connectivity index (χ4n) is 1.77. The zero-order valence-corrected chi connectivity index (χ0v) is 12.6. The van der Waals surface area contributed by atoms with Gasteiger partial charge in [-0.25, -0.2) is 0 Å². The number of benzene rings is 1. The Hall–Kier alpha value is -1.75. The molecular weight excluding hydrogens is 256 g/mol. The van der Waals surface area contributed by atoms with Gasteiger partial charge in [-0.05, 0) is 31.5 Å². The van der Waals surface area contributed by atoms with Crippen molar-refractivity contribution in [3.05, 3.63) is 23.8 Å². The summed E-state index contributed by atoms with van der Waals surface area (Å²) in [5, 5.41) is 2.93. The molecule has 0 bridgehead atoms. The summed E-state index contributed by atoms with van der Waals surface area (Å²) in [6, 6.07) is 5.54. The van der Waals surface area contributed by atoms with Crippen molar-refractivity contribution < 1.29 is 14.3 Å². The quantitative estimate of drug-likeness (QED) is 0.799. The molecule has 5 nitrogen and oxygen atoms in total. The first-order valence-electron chi connectivity index (χ1n) is 6.84. The first-order valence-corrected chi connectivity index (χ1v) is 6.84. The average molecular weight is 280 g/mol. The van der Waals surface area contributed by atoms with E-state index in [0.717, 1.165) is 5.56 Å². The lowest BCUT2D eigenvalue weighted by atomic mass is 10.1. The summed E-state index contributed by atoms with van der Waals surface area (Å²) in [5.74, 6) is 1.12. The Bertz CT molecular complexity index is 449. The van der Waals surface area contributed by atoms with E-state index in [1.165, 1.54) is 0 Å². The van der Waals surface area contributed by atoms with Crippen LogP contribution in [0.1, 0.15) is 32.4 Å². The fourth-order valence-corrected chi connectivity index (χ4v) is 1.77. The summed E-state index contributed by atoms with van der Waals surface area (Å²) in [5.41, 5.74) is 6.45. The van der Waals surface area contributed by atoms with Crippen molar-refractivity contribution >= 4 is 5.91 Å². The van der Waals surface area contributed by atoms with Gasteiger partial charge in [0.2, 0.25) is 5.91 Å². The lowest BCUT2D eigenvalue weighted by Gasteiger charge is -2.18. The van der Waals surface area contributed by atoms with Crippen molar-refractivity contribution in [3.63, 3.8) is 0 Å². The molecule has 0 aromatic heterocycles. The van der Waals surface area contributed by atoms with Gasteiger partial charge in [-0.3, -0.25) is 4.79 Å². The maximum atomic E-state index is 11.8. The molecule has 0 heterocycles. The predicted octanol–water partition coefficient (Wildman–Crippen LogP) is 1.87. The highest BCUT2D eigenvalue weighted by Gasteiger charge is 2.16. The largest absolute Gasteiger partial charge is 0.493 e. The summed E-state index contributed by atoms with van der Waals surface area (Å²) in [6.45, 7) is 6.57. The third-order valence-corrected chi connectivity index (χ3v) is 3.15. The van der Waals surface area contributed by atoms with Crippen LogP contribution < -0.4 is 20.5 Å². The molecule has 2 unspecified atom stereocenters. The first-order chi connectivity index (χ1) is 9.53. The van der Waals surface area contributed by atoms with Gasteiger partial charge in [0, 0.05) is 12.5 Å². The van der Waals surface area contributed by atoms with Crippen LogP contribution in [0.2, 0.25) is 0 Å². The van der Waals surface area contributed by atoms with Crippen molar-refractivity contribution in [3.8, 4) is 11.5 Å². The van der Waals surface area contributed by atoms with Crippen molar-refractivity contribution in [2.75, 3.05) is 20.3 Å². The minimum atomic E-state index is -0.193. The molecule has 1 rings (SSSR count). The Morgan fingerprint density at radius 3 is 2.60 bits per heavy atom. The third kappa shape index (κ3) is 4.13. The van der Waals surface area contributed by atoms with E-state index in [2.05, 4.69) is 5.32 Å². The van der Waals surface area contributed by atoms with E-state index < -0.39 is 0 Å². The highest BCUT2D eigenvalue weighted by Crippen LogP contribution is 2.30. The lowest BCUT2D eigenvalue weighted by Crippen LogP contribution is -2.34. The second-order valence-corrected chi connectivity index (χ2v) is 4.71. The van der Waals surface area contributed by atoms with Gasteiger partial charge < -0.3 is 20.5 Å². The Kier molecular flexibility index (Phi) is 6.31. The highest BCUT2D eigenvalue weighted by molar-refractivity contribution is 5.78. The third-order valence-electron chi connectivity index (χ3n) is 3.15. The number of nitrogens with two attached hydrogens (primary N) is 1. The van der Waals surface area contributed by atoms with Crippen LogP contribution in [-0.4, -0.2) is 26.2 Å². The molecule has 3 N–H and O–H groups in total. The van der Waals surface area contributed by atoms with Crippen LogP contribution in [0.5, 0.6) is 11.5 Å². The number of amides is 1. The Morgan fingerprint density at radius 1 is 1.35 bits per heavy atom. The number of methoxy groups -OCH3 is 1. The number of rotatable bonds is 7. The predicted molar refractivity (Wildman–Crippen MR) is 78.9 cm³/mol. The SMILES string of the molecule is CCOc1ccc(C(C)NC(=O)C(C)CN)cc1OC. The molecule has 0 fully saturated rings. The van der Waals surface area contributed by atoms with Crippen LogP contribution in [0.15, 0.2) is 18.2 Å². The van der Waals surface area contributed by atoms with Gasteiger partial charge in [-0.2, -0.15) is 0 Å². The molecule has 1 aromatic carbocycles. The molecule has 1 aromatic rings. The summed E-state index contributed by atoms with van der Waals surface area (Å²) in [4.78, 5) is 11.8. The van der Waals surface area contributed by atoms with Gasteiger partial charge in [0.25, 0.3) is 0 Å². The molecule has 0 spiro atoms. The number of hydrogen-bond acceptors (Lipinski definition) is 4. The second-order valence-electron chi connectivity index (χ2n) is 4.71. The van der Waals surface area contributed by atoms with Crippen molar-refractivity contribution in [2.24, 2.45) is 11.7 Å². The smallest absolute Gasteiger partial charge is 0.224 e. The zero-order valence-electron chi connectivity index (χ0n) is 12.6. The van der Waals surface area contributed by atoms with E-state index in [0.29, 0.717) is 24.7 Å². The van der Waals surface area contributed by atoms with Crippen molar-refractivity contribution in [2.45, 2.75) is 26.8 Å². The minimum absolute atomic E-state index is 0.0483. The number of nitrogens with one attached hydrogen (secondary N) is 1. The molecule has 0 aliphatic carbocycles. The molecule has 2 atom stereocenters. The molecule has 112 valence electrons. The number of ether oxygens (including phenoxy) is 2. The zero-order chi connectivity index (χ0) is 15.1. The van der Waals surface area contributed by atoms with Gasteiger partial charge in [0.15, 0.2) is 11.5 Å². The van der Waals surface area contributed by atoms with Crippen LogP contribution in [0.25, 0.3) is 0 Å². The minimum Gasteiger partial charge on any atom is -0.493 e. The number of carbonyl (C=O) groups excluding carboxylic acids is 1. The summed E-state index contributed by atoms with van der Waals surface area (Å²) in [7, 11) is 1.60. The van der Waals surface area contributed by atoms with E-state index in [1.807, 2.05) is 32.0 Å². The molecule has 0 saturated heterocycles. The van der Waals surface area contributed by atoms with Gasteiger partial charge in [-0.1, -0.05) is 13.0 Å². The molecular formula is C15H24N2O3. The Balaban J connectivity index is 2.83. The number of hydrogen-bond donors (Lipinski definition) is 2. The fraction of sp³-hybridized carbons (Fsp3) is 0.533. The van der Waals surface area contributed by atoms with Crippen LogP contribution in [0.3, 0.4) is 0 Å². The van der Waals surface area contributed by atoms with E-state index in [4.69, 9.17) is 15.2 Å². The molecule has 0 aliphatic heterocycles. The molecule has 0 aliphatic rings. The first kappa shape index (κ1) is 16.3. The van der Waals surface area contributed by atoms with E-state index >= 15 is 0 Å². The van der Waals surface area contributed by atoms with Crippen LogP contribution in [0, 0.1) is 5.92 Å². The molecule has 5 heteroatoms. The van der Waals surface area contributed by atoms with Crippen molar-refractivity contribution in [1.82, 2.24) is 5.32 Å². The Labute approximate surface area is 120 Å². The van der Waals surface area contributed by atoms with Gasteiger partial charge in [0.1, 0.15) is 0 Å². The maximum absolute atomic E-state index is 11.8. The second kappa shape index (κ2) is 7.75. The van der Waals surface area contributed by atoms with Crippen LogP contribution in [0.4, 0.5) is 0 Å². The van der Waals surface area contributed by atoms with E-state index in [1.54, 1.807) is 14.0 Å². The highest BCUT2D eigenvalue weighted by atomic mass is 16.5. The van der Waals surface area contributed by atoms with Gasteiger partial charge in [0.05, 0.1) is 19.8 Å². The molecule has 0 saturated carbocycles. The molecule has 1 amide bonds. The monoisotopic (exact) mass is 280 g/mol. The van der Waals surface area contributed by atoms with E-state index in [9.17, 15) is 4.79 Å². The normalized spacial score (nSPS) is 13.4. The van der Waals surface area contributed by atoms with Gasteiger partial charge >= 0.3 is 0 Å². The number of carbonyl (C=O) groups is 1. The summed E-state index contributed by atoms with van der Waals surface area (Å²) in [6.07, 6.45) is 0. The Morgan fingerprint density at radius 2 is 2.05 bits per heavy atom. The topological polar surface area (TPSA) is 73.6 Å². The summed E-state index contributed by atoms with van der Waals surface area (Å²) >= 11 is 0. The van der Waals surface area contributed by atoms with Crippen LogP contribution >= 0.6 is 0 Å². The van der Waals surface area contributed by atoms with E-state index in [-0.39, 0.29) is 17.9 Å². The summed E-state index contributed by atoms with van der Waals surface area (Å²) < 4.78 is 10.8.